The van der Waals surface area contributed by atoms with Gasteiger partial charge >= 0.3 is 0 Å². The van der Waals surface area contributed by atoms with Gasteiger partial charge in [-0.2, -0.15) is 0 Å². The highest BCUT2D eigenvalue weighted by Gasteiger charge is 2.22. The summed E-state index contributed by atoms with van der Waals surface area (Å²) in [5, 5.41) is 3.33. The zero-order valence-corrected chi connectivity index (χ0v) is 12.8. The molecular formula is C13H18BrClN2O. The third kappa shape index (κ3) is 3.70. The van der Waals surface area contributed by atoms with Crippen molar-refractivity contribution in [2.75, 3.05) is 20.1 Å². The molecule has 5 heteroatoms. The summed E-state index contributed by atoms with van der Waals surface area (Å²) < 4.78 is 0.943. The molecular weight excluding hydrogens is 316 g/mol. The van der Waals surface area contributed by atoms with Crippen molar-refractivity contribution in [3.63, 3.8) is 0 Å². The van der Waals surface area contributed by atoms with Crippen LogP contribution in [0, 0.1) is 0 Å². The van der Waals surface area contributed by atoms with Crippen molar-refractivity contribution in [2.45, 2.75) is 18.9 Å². The van der Waals surface area contributed by atoms with Gasteiger partial charge in [0.25, 0.3) is 5.91 Å². The van der Waals surface area contributed by atoms with Crippen molar-refractivity contribution in [1.29, 1.82) is 0 Å². The first kappa shape index (κ1) is 15.5. The number of hydrogen-bond acceptors (Lipinski definition) is 2. The molecule has 0 aliphatic carbocycles. The van der Waals surface area contributed by atoms with Gasteiger partial charge in [-0.1, -0.05) is 22.0 Å². The topological polar surface area (TPSA) is 32.3 Å². The summed E-state index contributed by atoms with van der Waals surface area (Å²) in [5.74, 6) is 0.0972. The molecule has 0 aromatic heterocycles. The van der Waals surface area contributed by atoms with Crippen molar-refractivity contribution in [2.24, 2.45) is 0 Å². The van der Waals surface area contributed by atoms with Crippen LogP contribution < -0.4 is 5.32 Å². The molecule has 1 heterocycles. The van der Waals surface area contributed by atoms with Gasteiger partial charge in [0.1, 0.15) is 0 Å². The Bertz CT molecular complexity index is 408. The summed E-state index contributed by atoms with van der Waals surface area (Å²) in [6.45, 7) is 1.96. The normalized spacial score (nSPS) is 18.9. The second kappa shape index (κ2) is 7.12. The molecule has 3 nitrogen and oxygen atoms in total. The Balaban J connectivity index is 0.00000162. The maximum absolute atomic E-state index is 12.3. The smallest absolute Gasteiger partial charge is 0.253 e. The molecule has 100 valence electrons. The highest BCUT2D eigenvalue weighted by molar-refractivity contribution is 9.10. The van der Waals surface area contributed by atoms with Crippen LogP contribution in [-0.4, -0.2) is 37.0 Å². The average Bonchev–Trinajstić information content (AvgIpc) is 2.38. The van der Waals surface area contributed by atoms with Crippen LogP contribution in [0.4, 0.5) is 0 Å². The Morgan fingerprint density at radius 1 is 1.50 bits per heavy atom. The number of piperidine rings is 1. The maximum atomic E-state index is 12.3. The number of halogens is 2. The van der Waals surface area contributed by atoms with Gasteiger partial charge in [-0.15, -0.1) is 12.4 Å². The van der Waals surface area contributed by atoms with Crippen LogP contribution in [0.2, 0.25) is 0 Å². The van der Waals surface area contributed by atoms with Crippen LogP contribution >= 0.6 is 28.3 Å². The van der Waals surface area contributed by atoms with Crippen molar-refractivity contribution in [3.8, 4) is 0 Å². The van der Waals surface area contributed by atoms with E-state index in [9.17, 15) is 4.79 Å². The number of hydrogen-bond donors (Lipinski definition) is 1. The molecule has 1 fully saturated rings. The Morgan fingerprint density at radius 3 is 2.89 bits per heavy atom. The van der Waals surface area contributed by atoms with Crippen molar-refractivity contribution in [3.05, 3.63) is 34.3 Å². The summed E-state index contributed by atoms with van der Waals surface area (Å²) in [6, 6.07) is 7.87. The van der Waals surface area contributed by atoms with E-state index in [0.717, 1.165) is 36.0 Å². The van der Waals surface area contributed by atoms with E-state index in [1.807, 2.05) is 36.2 Å². The average molecular weight is 334 g/mol. The Morgan fingerprint density at radius 2 is 2.28 bits per heavy atom. The highest BCUT2D eigenvalue weighted by atomic mass is 79.9. The van der Waals surface area contributed by atoms with Crippen molar-refractivity contribution in [1.82, 2.24) is 10.2 Å². The van der Waals surface area contributed by atoms with E-state index in [1.165, 1.54) is 0 Å². The summed E-state index contributed by atoms with van der Waals surface area (Å²) in [7, 11) is 1.89. The first-order chi connectivity index (χ1) is 8.18. The van der Waals surface area contributed by atoms with E-state index in [4.69, 9.17) is 0 Å². The van der Waals surface area contributed by atoms with E-state index in [1.54, 1.807) is 0 Å². The lowest BCUT2D eigenvalue weighted by Crippen LogP contribution is -2.46. The van der Waals surface area contributed by atoms with E-state index in [0.29, 0.717) is 6.04 Å². The van der Waals surface area contributed by atoms with Crippen LogP contribution in [0.15, 0.2) is 28.7 Å². The third-order valence-electron chi connectivity index (χ3n) is 3.21. The summed E-state index contributed by atoms with van der Waals surface area (Å²) in [4.78, 5) is 14.1. The van der Waals surface area contributed by atoms with Crippen molar-refractivity contribution < 1.29 is 4.79 Å². The predicted molar refractivity (Wildman–Crippen MR) is 79.4 cm³/mol. The van der Waals surface area contributed by atoms with Gasteiger partial charge in [0.2, 0.25) is 0 Å². The molecule has 0 radical (unpaired) electrons. The molecule has 0 bridgehead atoms. The van der Waals surface area contributed by atoms with Crippen LogP contribution in [0.5, 0.6) is 0 Å². The monoisotopic (exact) mass is 332 g/mol. The maximum Gasteiger partial charge on any atom is 0.253 e. The van der Waals surface area contributed by atoms with E-state index in [-0.39, 0.29) is 18.3 Å². The number of nitrogens with one attached hydrogen (secondary N) is 1. The summed E-state index contributed by atoms with van der Waals surface area (Å²) in [6.07, 6.45) is 2.23. The highest BCUT2D eigenvalue weighted by Crippen LogP contribution is 2.16. The molecule has 0 saturated carbocycles. The summed E-state index contributed by atoms with van der Waals surface area (Å²) >= 11 is 3.39. The van der Waals surface area contributed by atoms with Crippen LogP contribution in [-0.2, 0) is 0 Å². The van der Waals surface area contributed by atoms with Gasteiger partial charge in [0, 0.05) is 29.7 Å². The predicted octanol–water partition coefficient (Wildman–Crippen LogP) is 2.69. The first-order valence-corrected chi connectivity index (χ1v) is 6.71. The second-order valence-corrected chi connectivity index (χ2v) is 5.34. The molecule has 1 aromatic carbocycles. The lowest BCUT2D eigenvalue weighted by atomic mass is 10.1. The number of likely N-dealkylation sites (N-methyl/N-ethyl adjacent to an activating group) is 1. The minimum Gasteiger partial charge on any atom is -0.337 e. The molecule has 0 spiro atoms. The number of carbonyl (C=O) groups is 1. The van der Waals surface area contributed by atoms with E-state index < -0.39 is 0 Å². The molecule has 1 saturated heterocycles. The number of carbonyl (C=O) groups excluding carboxylic acids is 1. The van der Waals surface area contributed by atoms with Gasteiger partial charge in [-0.3, -0.25) is 4.79 Å². The first-order valence-electron chi connectivity index (χ1n) is 5.92. The van der Waals surface area contributed by atoms with Crippen LogP contribution in [0.1, 0.15) is 23.2 Å². The Hall–Kier alpha value is -0.580. The van der Waals surface area contributed by atoms with Crippen LogP contribution in [0.3, 0.4) is 0 Å². The molecule has 1 atom stereocenters. The molecule has 1 aliphatic heterocycles. The van der Waals surface area contributed by atoms with Crippen LogP contribution in [0.25, 0.3) is 0 Å². The fourth-order valence-electron chi connectivity index (χ4n) is 2.15. The standard InChI is InChI=1S/C13H17BrN2O.ClH/c1-16(12-6-3-7-15-9-12)13(17)10-4-2-5-11(14)8-10;/h2,4-5,8,12,15H,3,6-7,9H2,1H3;1H/t12-;/m1./s1. The van der Waals surface area contributed by atoms with Gasteiger partial charge in [0.15, 0.2) is 0 Å². The zero-order chi connectivity index (χ0) is 12.3. The van der Waals surface area contributed by atoms with Gasteiger partial charge in [-0.25, -0.2) is 0 Å². The quantitative estimate of drug-likeness (QED) is 0.902. The number of rotatable bonds is 2. The fraction of sp³-hybridized carbons (Fsp3) is 0.462. The van der Waals surface area contributed by atoms with Crippen molar-refractivity contribution >= 4 is 34.2 Å². The number of benzene rings is 1. The minimum absolute atomic E-state index is 0. The van der Waals surface area contributed by atoms with Gasteiger partial charge in [0.05, 0.1) is 0 Å². The molecule has 1 aromatic rings. The second-order valence-electron chi connectivity index (χ2n) is 4.43. The number of amides is 1. The minimum atomic E-state index is 0. The summed E-state index contributed by atoms with van der Waals surface area (Å²) in [5.41, 5.74) is 0.743. The molecule has 1 aliphatic rings. The SMILES string of the molecule is CN(C(=O)c1cccc(Br)c1)[C@@H]1CCCNC1.Cl. The lowest BCUT2D eigenvalue weighted by Gasteiger charge is -2.31. The molecule has 1 N–H and O–H groups in total. The van der Waals surface area contributed by atoms with E-state index in [2.05, 4.69) is 21.2 Å². The molecule has 1 amide bonds. The molecule has 18 heavy (non-hydrogen) atoms. The van der Waals surface area contributed by atoms with Gasteiger partial charge < -0.3 is 10.2 Å². The molecule has 0 unspecified atom stereocenters. The Labute approximate surface area is 122 Å². The lowest BCUT2D eigenvalue weighted by molar-refractivity contribution is 0.0708. The van der Waals surface area contributed by atoms with Gasteiger partial charge in [-0.05, 0) is 37.6 Å². The fourth-order valence-corrected chi connectivity index (χ4v) is 2.55. The number of nitrogens with zero attached hydrogens (tertiary/aromatic N) is 1. The third-order valence-corrected chi connectivity index (χ3v) is 3.70. The van der Waals surface area contributed by atoms with E-state index >= 15 is 0 Å². The Kier molecular flexibility index (Phi) is 6.12. The molecule has 2 rings (SSSR count). The largest absolute Gasteiger partial charge is 0.337 e. The zero-order valence-electron chi connectivity index (χ0n) is 10.4.